The summed E-state index contributed by atoms with van der Waals surface area (Å²) in [5.74, 6) is 1.12. The van der Waals surface area contributed by atoms with E-state index < -0.39 is 18.1 Å². The lowest BCUT2D eigenvalue weighted by Gasteiger charge is -2.14. The predicted molar refractivity (Wildman–Crippen MR) is 162 cm³/mol. The Labute approximate surface area is 242 Å². The summed E-state index contributed by atoms with van der Waals surface area (Å²) in [5.41, 5.74) is 0.980. The van der Waals surface area contributed by atoms with Crippen LogP contribution in [0.5, 0.6) is 5.75 Å². The van der Waals surface area contributed by atoms with Gasteiger partial charge in [0, 0.05) is 29.2 Å². The van der Waals surface area contributed by atoms with Gasteiger partial charge >= 0.3 is 12.1 Å². The Balaban J connectivity index is 1.14. The highest BCUT2D eigenvalue weighted by Gasteiger charge is 2.17. The minimum Gasteiger partial charge on any atom is -0.480 e. The maximum absolute atomic E-state index is 12.7. The standard InChI is InChI=1S/C30H36N2O6S2/c33-26-20-28(21-9-3-1-4-10-21)38-27-14-13-22(19-24(26)27)37-30(36)32-17-8-6-12-25(29(34)35)31-16-7-2-5-11-23-15-18-39-40-23/h1,3-4,9-10,13-14,19-20,23,25,31H,2,5-8,11-12,15-18H2,(H,32,36)(H,34,35)/t23-,25?/m1/s1. The van der Waals surface area contributed by atoms with Crippen molar-refractivity contribution in [1.82, 2.24) is 10.6 Å². The molecule has 0 aliphatic carbocycles. The third kappa shape index (κ3) is 9.31. The molecule has 1 unspecified atom stereocenters. The van der Waals surface area contributed by atoms with Gasteiger partial charge < -0.3 is 24.9 Å². The molecule has 1 aliphatic rings. The number of aliphatic carboxylic acids is 1. The molecule has 8 nitrogen and oxygen atoms in total. The number of carbonyl (C=O) groups excluding carboxylic acids is 1. The molecule has 0 radical (unpaired) electrons. The number of nitrogens with one attached hydrogen (secondary N) is 2. The summed E-state index contributed by atoms with van der Waals surface area (Å²) >= 11 is 0. The van der Waals surface area contributed by atoms with E-state index in [9.17, 15) is 19.5 Å². The van der Waals surface area contributed by atoms with Crippen molar-refractivity contribution < 1.29 is 23.8 Å². The van der Waals surface area contributed by atoms with Crippen molar-refractivity contribution in [3.63, 3.8) is 0 Å². The summed E-state index contributed by atoms with van der Waals surface area (Å²) in [6.07, 6.45) is 6.99. The second-order valence-corrected chi connectivity index (χ2v) is 12.6. The molecule has 10 heteroatoms. The largest absolute Gasteiger partial charge is 0.480 e. The van der Waals surface area contributed by atoms with Gasteiger partial charge in [-0.25, -0.2) is 4.79 Å². The zero-order valence-corrected chi connectivity index (χ0v) is 24.1. The Bertz CT molecular complexity index is 1310. The molecule has 3 aromatic rings. The Kier molecular flexibility index (Phi) is 11.8. The van der Waals surface area contributed by atoms with Crippen LogP contribution in [0.2, 0.25) is 0 Å². The van der Waals surface area contributed by atoms with Crippen molar-refractivity contribution in [2.24, 2.45) is 0 Å². The first-order valence-corrected chi connectivity index (χ1v) is 16.2. The highest BCUT2D eigenvalue weighted by molar-refractivity contribution is 8.77. The van der Waals surface area contributed by atoms with Crippen LogP contribution in [-0.2, 0) is 4.79 Å². The Morgan fingerprint density at radius 1 is 1.02 bits per heavy atom. The summed E-state index contributed by atoms with van der Waals surface area (Å²) in [4.78, 5) is 36.5. The van der Waals surface area contributed by atoms with Crippen LogP contribution < -0.4 is 20.8 Å². The van der Waals surface area contributed by atoms with E-state index in [0.29, 0.717) is 49.1 Å². The minimum absolute atomic E-state index is 0.227. The molecule has 0 spiro atoms. The maximum Gasteiger partial charge on any atom is 0.412 e. The number of carboxylic acid groups (broad SMARTS) is 1. The Morgan fingerprint density at radius 2 is 1.85 bits per heavy atom. The molecule has 4 rings (SSSR count). The monoisotopic (exact) mass is 584 g/mol. The van der Waals surface area contributed by atoms with Crippen LogP contribution in [0.25, 0.3) is 22.3 Å². The molecule has 40 heavy (non-hydrogen) atoms. The first-order chi connectivity index (χ1) is 19.5. The second-order valence-electron chi connectivity index (χ2n) is 9.83. The van der Waals surface area contributed by atoms with E-state index in [-0.39, 0.29) is 11.2 Å². The van der Waals surface area contributed by atoms with Gasteiger partial charge in [0.15, 0.2) is 5.43 Å². The van der Waals surface area contributed by atoms with E-state index >= 15 is 0 Å². The van der Waals surface area contributed by atoms with Crippen molar-refractivity contribution >= 4 is 44.6 Å². The fourth-order valence-electron chi connectivity index (χ4n) is 4.58. The van der Waals surface area contributed by atoms with Crippen LogP contribution in [0.4, 0.5) is 4.79 Å². The quantitative estimate of drug-likeness (QED) is 0.136. The van der Waals surface area contributed by atoms with E-state index in [0.717, 1.165) is 23.7 Å². The van der Waals surface area contributed by atoms with Crippen molar-refractivity contribution in [2.75, 3.05) is 18.8 Å². The van der Waals surface area contributed by atoms with Gasteiger partial charge in [0.05, 0.1) is 5.39 Å². The smallest absolute Gasteiger partial charge is 0.412 e. The lowest BCUT2D eigenvalue weighted by atomic mass is 10.1. The zero-order chi connectivity index (χ0) is 28.2. The van der Waals surface area contributed by atoms with Gasteiger partial charge in [-0.05, 0) is 63.3 Å². The zero-order valence-electron chi connectivity index (χ0n) is 22.4. The van der Waals surface area contributed by atoms with E-state index in [2.05, 4.69) is 10.6 Å². The van der Waals surface area contributed by atoms with Gasteiger partial charge in [0.1, 0.15) is 23.1 Å². The van der Waals surface area contributed by atoms with Crippen molar-refractivity contribution in [3.8, 4) is 17.1 Å². The highest BCUT2D eigenvalue weighted by atomic mass is 33.1. The molecule has 0 saturated carbocycles. The number of unbranched alkanes of at least 4 members (excludes halogenated alkanes) is 3. The van der Waals surface area contributed by atoms with Gasteiger partial charge in [0.25, 0.3) is 0 Å². The van der Waals surface area contributed by atoms with E-state index in [1.165, 1.54) is 37.1 Å². The predicted octanol–water partition coefficient (Wildman–Crippen LogP) is 6.48. The number of benzene rings is 2. The third-order valence-corrected chi connectivity index (χ3v) is 9.78. The second kappa shape index (κ2) is 15.7. The van der Waals surface area contributed by atoms with Crippen molar-refractivity contribution in [3.05, 3.63) is 64.8 Å². The first-order valence-electron chi connectivity index (χ1n) is 13.8. The number of amides is 1. The number of fused-ring (bicyclic) bond motifs is 1. The van der Waals surface area contributed by atoms with E-state index in [1.54, 1.807) is 12.1 Å². The Hall–Kier alpha value is -2.95. The lowest BCUT2D eigenvalue weighted by Crippen LogP contribution is -2.37. The van der Waals surface area contributed by atoms with Gasteiger partial charge in [-0.1, -0.05) is 64.8 Å². The summed E-state index contributed by atoms with van der Waals surface area (Å²) in [7, 11) is 3.97. The molecule has 1 aliphatic heterocycles. The number of carboxylic acids is 1. The molecule has 1 saturated heterocycles. The van der Waals surface area contributed by atoms with Gasteiger partial charge in [0.2, 0.25) is 0 Å². The van der Waals surface area contributed by atoms with Crippen LogP contribution >= 0.6 is 21.6 Å². The molecule has 1 amide bonds. The molecule has 1 fully saturated rings. The van der Waals surface area contributed by atoms with Crippen LogP contribution in [0.15, 0.2) is 63.8 Å². The van der Waals surface area contributed by atoms with Crippen molar-refractivity contribution in [2.45, 2.75) is 62.7 Å². The Morgan fingerprint density at radius 3 is 2.62 bits per heavy atom. The minimum atomic E-state index is -0.844. The molecular formula is C30H36N2O6S2. The summed E-state index contributed by atoms with van der Waals surface area (Å²) in [5, 5.41) is 16.5. The molecular weight excluding hydrogens is 548 g/mol. The summed E-state index contributed by atoms with van der Waals surface area (Å²) in [6.45, 7) is 1.06. The SMILES string of the molecule is O=C(NCCCCC(NCCCCC[C@@H]1CCSS1)C(=O)O)Oc1ccc2oc(-c3ccccc3)cc(=O)c2c1. The normalized spacial score (nSPS) is 15.7. The molecule has 2 heterocycles. The molecule has 3 N–H and O–H groups in total. The average molecular weight is 585 g/mol. The fraction of sp³-hybridized carbons (Fsp3) is 0.433. The average Bonchev–Trinajstić information content (AvgIpc) is 3.47. The molecule has 214 valence electrons. The summed E-state index contributed by atoms with van der Waals surface area (Å²) < 4.78 is 11.2. The number of hydrogen-bond donors (Lipinski definition) is 3. The number of ether oxygens (including phenoxy) is 1. The van der Waals surface area contributed by atoms with Crippen LogP contribution in [-0.4, -0.2) is 47.3 Å². The molecule has 2 atom stereocenters. The first kappa shape index (κ1) is 30.0. The van der Waals surface area contributed by atoms with Gasteiger partial charge in [-0.2, -0.15) is 0 Å². The van der Waals surface area contributed by atoms with Crippen LogP contribution in [0.3, 0.4) is 0 Å². The van der Waals surface area contributed by atoms with Crippen molar-refractivity contribution in [1.29, 1.82) is 0 Å². The maximum atomic E-state index is 12.7. The van der Waals surface area contributed by atoms with Gasteiger partial charge in [-0.3, -0.25) is 9.59 Å². The lowest BCUT2D eigenvalue weighted by molar-refractivity contribution is -0.139. The fourth-order valence-corrected chi connectivity index (χ4v) is 7.61. The highest BCUT2D eigenvalue weighted by Crippen LogP contribution is 2.39. The summed E-state index contributed by atoms with van der Waals surface area (Å²) in [6, 6.07) is 14.9. The van der Waals surface area contributed by atoms with Gasteiger partial charge in [-0.15, -0.1) is 0 Å². The van der Waals surface area contributed by atoms with E-state index in [4.69, 9.17) is 9.15 Å². The number of carbonyl (C=O) groups is 2. The van der Waals surface area contributed by atoms with E-state index in [1.807, 2.05) is 51.9 Å². The molecule has 1 aromatic heterocycles. The number of rotatable bonds is 15. The van der Waals surface area contributed by atoms with Crippen LogP contribution in [0, 0.1) is 0 Å². The third-order valence-electron chi connectivity index (χ3n) is 6.78. The molecule has 2 aromatic carbocycles. The number of hydrogen-bond acceptors (Lipinski definition) is 8. The topological polar surface area (TPSA) is 118 Å². The molecule has 0 bridgehead atoms. The van der Waals surface area contributed by atoms with Crippen LogP contribution in [0.1, 0.15) is 51.4 Å².